The molecule has 5 nitrogen and oxygen atoms in total. The van der Waals surface area contributed by atoms with Crippen LogP contribution >= 0.6 is 0 Å². The van der Waals surface area contributed by atoms with E-state index in [0.717, 1.165) is 32.6 Å². The molecule has 1 fully saturated rings. The molecule has 0 unspecified atom stereocenters. The molecule has 1 saturated heterocycles. The third-order valence-corrected chi connectivity index (χ3v) is 3.10. The first-order valence-corrected chi connectivity index (χ1v) is 6.16. The van der Waals surface area contributed by atoms with Gasteiger partial charge in [-0.15, -0.1) is 0 Å². The molecular weight excluding hydrogens is 230 g/mol. The number of carbonyl (C=O) groups is 1. The monoisotopic (exact) mass is 249 g/mol. The van der Waals surface area contributed by atoms with Crippen LogP contribution in [0.4, 0.5) is 5.69 Å². The number of nitrogens with two attached hydrogens (primary N) is 1. The van der Waals surface area contributed by atoms with E-state index in [-0.39, 0.29) is 5.91 Å². The summed E-state index contributed by atoms with van der Waals surface area (Å²) in [5.41, 5.74) is 6.94. The van der Waals surface area contributed by atoms with Crippen LogP contribution in [0, 0.1) is 0 Å². The quantitative estimate of drug-likeness (QED) is 0.758. The van der Waals surface area contributed by atoms with Crippen LogP contribution in [0.25, 0.3) is 0 Å². The lowest BCUT2D eigenvalue weighted by Gasteiger charge is -2.20. The van der Waals surface area contributed by atoms with Crippen LogP contribution in [-0.2, 0) is 0 Å². The number of rotatable bonds is 2. The minimum absolute atomic E-state index is 0.0352. The normalized spacial score (nSPS) is 16.2. The summed E-state index contributed by atoms with van der Waals surface area (Å²) in [7, 11) is 1.56. The molecule has 18 heavy (non-hydrogen) atoms. The zero-order valence-electron chi connectivity index (χ0n) is 10.6. The predicted octanol–water partition coefficient (Wildman–Crippen LogP) is 0.713. The van der Waals surface area contributed by atoms with Gasteiger partial charge in [-0.25, -0.2) is 0 Å². The summed E-state index contributed by atoms with van der Waals surface area (Å²) in [5, 5.41) is 3.27. The first-order chi connectivity index (χ1) is 8.72. The molecule has 0 bridgehead atoms. The minimum atomic E-state index is 0.0352. The lowest BCUT2D eigenvalue weighted by molar-refractivity contribution is 0.0766. The molecule has 0 aliphatic carbocycles. The molecule has 1 aliphatic heterocycles. The van der Waals surface area contributed by atoms with E-state index in [2.05, 4.69) is 5.32 Å². The number of hydrogen-bond acceptors (Lipinski definition) is 4. The number of benzene rings is 1. The van der Waals surface area contributed by atoms with Crippen molar-refractivity contribution in [3.8, 4) is 5.75 Å². The Morgan fingerprint density at radius 2 is 2.22 bits per heavy atom. The molecule has 1 aromatic carbocycles. The number of methoxy groups -OCH3 is 1. The molecule has 3 N–H and O–H groups in total. The summed E-state index contributed by atoms with van der Waals surface area (Å²) in [6.45, 7) is 3.34. The van der Waals surface area contributed by atoms with Crippen LogP contribution < -0.4 is 15.8 Å². The van der Waals surface area contributed by atoms with Gasteiger partial charge in [-0.3, -0.25) is 4.79 Å². The Morgan fingerprint density at radius 3 is 2.94 bits per heavy atom. The van der Waals surface area contributed by atoms with Crippen molar-refractivity contribution in [2.75, 3.05) is 39.0 Å². The summed E-state index contributed by atoms with van der Waals surface area (Å²) >= 11 is 0. The first-order valence-electron chi connectivity index (χ1n) is 6.16. The molecule has 1 amide bonds. The fraction of sp³-hybridized carbons (Fsp3) is 0.462. The largest absolute Gasteiger partial charge is 0.495 e. The number of carbonyl (C=O) groups excluding carboxylic acids is 1. The van der Waals surface area contributed by atoms with Gasteiger partial charge in [0.1, 0.15) is 5.75 Å². The third kappa shape index (κ3) is 2.73. The van der Waals surface area contributed by atoms with E-state index in [1.54, 1.807) is 25.3 Å². The van der Waals surface area contributed by atoms with Gasteiger partial charge in [0.05, 0.1) is 12.8 Å². The van der Waals surface area contributed by atoms with Crippen molar-refractivity contribution >= 4 is 11.6 Å². The molecule has 2 rings (SSSR count). The van der Waals surface area contributed by atoms with Crippen molar-refractivity contribution in [2.24, 2.45) is 0 Å². The highest BCUT2D eigenvalue weighted by molar-refractivity contribution is 5.95. The zero-order chi connectivity index (χ0) is 13.0. The Morgan fingerprint density at radius 1 is 1.39 bits per heavy atom. The second-order valence-electron chi connectivity index (χ2n) is 4.35. The van der Waals surface area contributed by atoms with E-state index in [4.69, 9.17) is 10.5 Å². The van der Waals surface area contributed by atoms with Gasteiger partial charge in [-0.2, -0.15) is 0 Å². The molecule has 0 spiro atoms. The standard InChI is InChI=1S/C13H19N3O2/c1-18-12-4-3-10(9-11(12)14)13(17)16-7-2-5-15-6-8-16/h3-4,9,15H,2,5-8,14H2,1H3. The van der Waals surface area contributed by atoms with Gasteiger partial charge in [0.25, 0.3) is 5.91 Å². The first kappa shape index (κ1) is 12.7. The maximum atomic E-state index is 12.3. The molecule has 0 aromatic heterocycles. The van der Waals surface area contributed by atoms with Crippen molar-refractivity contribution in [3.63, 3.8) is 0 Å². The molecular formula is C13H19N3O2. The maximum absolute atomic E-state index is 12.3. The molecule has 1 aliphatic rings. The highest BCUT2D eigenvalue weighted by atomic mass is 16.5. The summed E-state index contributed by atoms with van der Waals surface area (Å²) in [4.78, 5) is 14.2. The van der Waals surface area contributed by atoms with Crippen molar-refractivity contribution < 1.29 is 9.53 Å². The molecule has 1 aromatic rings. The number of nitrogens with one attached hydrogen (secondary N) is 1. The number of nitrogen functional groups attached to an aromatic ring is 1. The van der Waals surface area contributed by atoms with E-state index in [0.29, 0.717) is 17.0 Å². The number of anilines is 1. The predicted molar refractivity (Wildman–Crippen MR) is 70.8 cm³/mol. The second-order valence-corrected chi connectivity index (χ2v) is 4.35. The van der Waals surface area contributed by atoms with E-state index in [1.807, 2.05) is 4.90 Å². The van der Waals surface area contributed by atoms with Crippen molar-refractivity contribution in [3.05, 3.63) is 23.8 Å². The molecule has 0 radical (unpaired) electrons. The van der Waals surface area contributed by atoms with Gasteiger partial charge in [-0.1, -0.05) is 0 Å². The van der Waals surface area contributed by atoms with E-state index >= 15 is 0 Å². The Bertz CT molecular complexity index is 426. The SMILES string of the molecule is COc1ccc(C(=O)N2CCCNCC2)cc1N. The zero-order valence-corrected chi connectivity index (χ0v) is 10.6. The Balaban J connectivity index is 2.14. The van der Waals surface area contributed by atoms with Crippen LogP contribution in [0.3, 0.4) is 0 Å². The van der Waals surface area contributed by atoms with Crippen molar-refractivity contribution in [2.45, 2.75) is 6.42 Å². The van der Waals surface area contributed by atoms with E-state index < -0.39 is 0 Å². The summed E-state index contributed by atoms with van der Waals surface area (Å²) in [6, 6.07) is 5.17. The fourth-order valence-electron chi connectivity index (χ4n) is 2.10. The summed E-state index contributed by atoms with van der Waals surface area (Å²) < 4.78 is 5.09. The second kappa shape index (κ2) is 5.73. The van der Waals surface area contributed by atoms with Gasteiger partial charge in [0.2, 0.25) is 0 Å². The lowest BCUT2D eigenvalue weighted by atomic mass is 10.1. The average molecular weight is 249 g/mol. The van der Waals surface area contributed by atoms with Crippen LogP contribution in [0.5, 0.6) is 5.75 Å². The maximum Gasteiger partial charge on any atom is 0.253 e. The molecule has 0 atom stereocenters. The lowest BCUT2D eigenvalue weighted by Crippen LogP contribution is -2.34. The van der Waals surface area contributed by atoms with Gasteiger partial charge in [0.15, 0.2) is 0 Å². The van der Waals surface area contributed by atoms with Crippen LogP contribution in [0.2, 0.25) is 0 Å². The number of ether oxygens (including phenoxy) is 1. The van der Waals surface area contributed by atoms with Crippen LogP contribution in [0.15, 0.2) is 18.2 Å². The van der Waals surface area contributed by atoms with Crippen molar-refractivity contribution in [1.82, 2.24) is 10.2 Å². The molecule has 98 valence electrons. The Hall–Kier alpha value is -1.75. The number of nitrogens with zero attached hydrogens (tertiary/aromatic N) is 1. The Kier molecular flexibility index (Phi) is 4.04. The third-order valence-electron chi connectivity index (χ3n) is 3.10. The summed E-state index contributed by atoms with van der Waals surface area (Å²) in [6.07, 6.45) is 0.984. The number of hydrogen-bond donors (Lipinski definition) is 2. The minimum Gasteiger partial charge on any atom is -0.495 e. The van der Waals surface area contributed by atoms with E-state index in [9.17, 15) is 4.79 Å². The molecule has 5 heteroatoms. The highest BCUT2D eigenvalue weighted by Crippen LogP contribution is 2.22. The summed E-state index contributed by atoms with van der Waals surface area (Å²) in [5.74, 6) is 0.636. The Labute approximate surface area is 107 Å². The average Bonchev–Trinajstić information content (AvgIpc) is 2.66. The topological polar surface area (TPSA) is 67.6 Å². The molecule has 1 heterocycles. The van der Waals surface area contributed by atoms with Crippen molar-refractivity contribution in [1.29, 1.82) is 0 Å². The highest BCUT2D eigenvalue weighted by Gasteiger charge is 2.17. The number of amides is 1. The van der Waals surface area contributed by atoms with Gasteiger partial charge in [0, 0.05) is 25.2 Å². The van der Waals surface area contributed by atoms with E-state index in [1.165, 1.54) is 0 Å². The van der Waals surface area contributed by atoms with Crippen LogP contribution in [-0.4, -0.2) is 44.1 Å². The van der Waals surface area contributed by atoms with Gasteiger partial charge < -0.3 is 20.7 Å². The van der Waals surface area contributed by atoms with Gasteiger partial charge in [-0.05, 0) is 31.2 Å². The molecule has 0 saturated carbocycles. The smallest absolute Gasteiger partial charge is 0.253 e. The van der Waals surface area contributed by atoms with Crippen LogP contribution in [0.1, 0.15) is 16.8 Å². The fourth-order valence-corrected chi connectivity index (χ4v) is 2.10. The van der Waals surface area contributed by atoms with Gasteiger partial charge >= 0.3 is 0 Å².